The zero-order chi connectivity index (χ0) is 21.6. The highest BCUT2D eigenvalue weighted by atomic mass is 127. The Morgan fingerprint density at radius 1 is 1.10 bits per heavy atom. The standard InChI is InChI=1S/C24H23BrIN3O2/c1-2-31-19-8-5-17(6-9-19)23(30)27-14-11-24(12-15-27)22-4-3-13-28(22)21-16-18(25)7-10-20(21)29(24)26/h3-10,13,16H,2,11-12,14-15H2,1H3. The predicted molar refractivity (Wildman–Crippen MR) is 134 cm³/mol. The van der Waals surface area contributed by atoms with Gasteiger partial charge in [-0.25, -0.2) is 0 Å². The van der Waals surface area contributed by atoms with Gasteiger partial charge in [-0.3, -0.25) is 4.79 Å². The van der Waals surface area contributed by atoms with Gasteiger partial charge in [0.15, 0.2) is 0 Å². The normalized spacial score (nSPS) is 16.7. The molecule has 2 aromatic carbocycles. The Bertz CT molecular complexity index is 1120. The monoisotopic (exact) mass is 591 g/mol. The molecule has 0 unspecified atom stereocenters. The first kappa shape index (κ1) is 20.9. The molecule has 0 radical (unpaired) electrons. The first-order chi connectivity index (χ1) is 15.0. The van der Waals surface area contributed by atoms with Crippen LogP contribution in [0.3, 0.4) is 0 Å². The highest BCUT2D eigenvalue weighted by Crippen LogP contribution is 2.50. The van der Waals surface area contributed by atoms with Gasteiger partial charge < -0.3 is 17.3 Å². The van der Waals surface area contributed by atoms with E-state index in [1.165, 1.54) is 17.1 Å². The summed E-state index contributed by atoms with van der Waals surface area (Å²) in [7, 11) is 0. The van der Waals surface area contributed by atoms with E-state index >= 15 is 0 Å². The van der Waals surface area contributed by atoms with Crippen LogP contribution in [0.1, 0.15) is 35.8 Å². The minimum atomic E-state index is -0.125. The molecule has 0 N–H and O–H groups in total. The first-order valence-corrected chi connectivity index (χ1v) is 12.3. The fraction of sp³-hybridized carbons (Fsp3) is 0.292. The van der Waals surface area contributed by atoms with Gasteiger partial charge in [0.2, 0.25) is 0 Å². The van der Waals surface area contributed by atoms with Crippen LogP contribution < -0.4 is 7.85 Å². The molecule has 1 aromatic heterocycles. The van der Waals surface area contributed by atoms with Gasteiger partial charge in [0.05, 0.1) is 46.4 Å². The van der Waals surface area contributed by atoms with Crippen LogP contribution in [0.15, 0.2) is 65.3 Å². The number of carbonyl (C=O) groups excluding carboxylic acids is 1. The summed E-state index contributed by atoms with van der Waals surface area (Å²) >= 11 is 6.07. The highest BCUT2D eigenvalue weighted by Gasteiger charge is 2.47. The number of halogens is 2. The van der Waals surface area contributed by atoms with Gasteiger partial charge in [0.25, 0.3) is 5.91 Å². The molecule has 1 fully saturated rings. The number of benzene rings is 2. The zero-order valence-electron chi connectivity index (χ0n) is 17.2. The van der Waals surface area contributed by atoms with Crippen molar-refractivity contribution in [3.05, 3.63) is 76.5 Å². The van der Waals surface area contributed by atoms with Crippen LogP contribution in [0.5, 0.6) is 5.75 Å². The molecule has 160 valence electrons. The maximum atomic E-state index is 13.1. The number of rotatable bonds is 3. The van der Waals surface area contributed by atoms with E-state index in [2.05, 4.69) is 83.0 Å². The molecular formula is C24H23BrIN3O2. The van der Waals surface area contributed by atoms with Crippen LogP contribution in [0.2, 0.25) is 0 Å². The second-order valence-corrected chi connectivity index (χ2v) is 9.84. The number of amides is 1. The van der Waals surface area contributed by atoms with E-state index in [-0.39, 0.29) is 11.4 Å². The molecule has 5 nitrogen and oxygen atoms in total. The van der Waals surface area contributed by atoms with E-state index in [4.69, 9.17) is 4.74 Å². The van der Waals surface area contributed by atoms with E-state index < -0.39 is 0 Å². The van der Waals surface area contributed by atoms with E-state index in [1.54, 1.807) is 0 Å². The second kappa shape index (κ2) is 8.16. The van der Waals surface area contributed by atoms with Crippen molar-refractivity contribution in [2.75, 3.05) is 22.8 Å². The predicted octanol–water partition coefficient (Wildman–Crippen LogP) is 5.94. The first-order valence-electron chi connectivity index (χ1n) is 10.5. The minimum Gasteiger partial charge on any atom is -0.494 e. The number of hydrogen-bond acceptors (Lipinski definition) is 3. The number of carbonyl (C=O) groups is 1. The number of anilines is 1. The Kier molecular flexibility index (Phi) is 5.50. The average molecular weight is 592 g/mol. The Morgan fingerprint density at radius 2 is 1.84 bits per heavy atom. The largest absolute Gasteiger partial charge is 0.494 e. The maximum Gasteiger partial charge on any atom is 0.253 e. The smallest absolute Gasteiger partial charge is 0.253 e. The molecular weight excluding hydrogens is 569 g/mol. The lowest BCUT2D eigenvalue weighted by atomic mass is 9.82. The van der Waals surface area contributed by atoms with Crippen molar-refractivity contribution in [1.29, 1.82) is 0 Å². The van der Waals surface area contributed by atoms with E-state index in [0.717, 1.165) is 36.2 Å². The van der Waals surface area contributed by atoms with Crippen LogP contribution in [-0.2, 0) is 5.54 Å². The summed E-state index contributed by atoms with van der Waals surface area (Å²) in [6, 6.07) is 18.3. The quantitative estimate of drug-likeness (QED) is 0.279. The van der Waals surface area contributed by atoms with Gasteiger partial charge in [0.1, 0.15) is 5.75 Å². The summed E-state index contributed by atoms with van der Waals surface area (Å²) in [4.78, 5) is 15.1. The number of likely N-dealkylation sites (tertiary alicyclic amines) is 1. The van der Waals surface area contributed by atoms with E-state index in [9.17, 15) is 4.79 Å². The molecule has 3 heterocycles. The third kappa shape index (κ3) is 3.46. The molecule has 31 heavy (non-hydrogen) atoms. The molecule has 2 aliphatic rings. The Hall–Kier alpha value is -2.00. The summed E-state index contributed by atoms with van der Waals surface area (Å²) in [6.07, 6.45) is 3.92. The van der Waals surface area contributed by atoms with Crippen LogP contribution in [0, 0.1) is 0 Å². The molecule has 3 aromatic rings. The molecule has 0 atom stereocenters. The van der Waals surface area contributed by atoms with Crippen LogP contribution >= 0.6 is 38.8 Å². The van der Waals surface area contributed by atoms with Crippen LogP contribution in [-0.4, -0.2) is 35.1 Å². The third-order valence-corrected chi connectivity index (χ3v) is 8.24. The van der Waals surface area contributed by atoms with Crippen molar-refractivity contribution in [1.82, 2.24) is 9.47 Å². The van der Waals surface area contributed by atoms with Crippen molar-refractivity contribution in [2.45, 2.75) is 25.3 Å². The van der Waals surface area contributed by atoms with Crippen LogP contribution in [0.25, 0.3) is 5.69 Å². The minimum absolute atomic E-state index is 0.0911. The van der Waals surface area contributed by atoms with E-state index in [0.29, 0.717) is 12.2 Å². The fourth-order valence-electron chi connectivity index (χ4n) is 4.73. The fourth-order valence-corrected chi connectivity index (χ4v) is 6.22. The van der Waals surface area contributed by atoms with Gasteiger partial charge in [-0.2, -0.15) is 0 Å². The number of aromatic nitrogens is 1. The Labute approximate surface area is 204 Å². The summed E-state index contributed by atoms with van der Waals surface area (Å²) in [5.74, 6) is 0.888. The summed E-state index contributed by atoms with van der Waals surface area (Å²) in [6.45, 7) is 4.03. The van der Waals surface area contributed by atoms with E-state index in [1.807, 2.05) is 36.1 Å². The van der Waals surface area contributed by atoms with Crippen molar-refractivity contribution >= 4 is 50.4 Å². The van der Waals surface area contributed by atoms with Crippen molar-refractivity contribution < 1.29 is 9.53 Å². The topological polar surface area (TPSA) is 37.7 Å². The second-order valence-electron chi connectivity index (χ2n) is 7.96. The number of fused-ring (bicyclic) bond motifs is 4. The molecule has 0 bridgehead atoms. The molecule has 2 aliphatic heterocycles. The van der Waals surface area contributed by atoms with Crippen LogP contribution in [0.4, 0.5) is 5.69 Å². The lowest BCUT2D eigenvalue weighted by Crippen LogP contribution is -2.53. The molecule has 1 saturated heterocycles. The van der Waals surface area contributed by atoms with Crippen molar-refractivity contribution in [2.24, 2.45) is 0 Å². The number of nitrogens with zero attached hydrogens (tertiary/aromatic N) is 3. The molecule has 7 heteroatoms. The summed E-state index contributed by atoms with van der Waals surface area (Å²) in [5, 5.41) is 0. The average Bonchev–Trinajstić information content (AvgIpc) is 3.29. The highest BCUT2D eigenvalue weighted by molar-refractivity contribution is 14.1. The number of hydrogen-bond donors (Lipinski definition) is 0. The molecule has 0 saturated carbocycles. The summed E-state index contributed by atoms with van der Waals surface area (Å²) < 4.78 is 11.3. The van der Waals surface area contributed by atoms with Gasteiger partial charge in [0, 0.05) is 35.0 Å². The Morgan fingerprint density at radius 3 is 2.55 bits per heavy atom. The van der Waals surface area contributed by atoms with Gasteiger partial charge in [-0.1, -0.05) is 15.9 Å². The zero-order valence-corrected chi connectivity index (χ0v) is 21.0. The molecule has 1 amide bonds. The van der Waals surface area contributed by atoms with Gasteiger partial charge in [-0.15, -0.1) is 0 Å². The third-order valence-electron chi connectivity index (χ3n) is 6.30. The SMILES string of the molecule is CCOc1ccc(C(=O)N2CCC3(CC2)c2cccn2-c2cc(Br)ccc2N3I)cc1. The molecule has 5 rings (SSSR count). The van der Waals surface area contributed by atoms with Crippen molar-refractivity contribution in [3.63, 3.8) is 0 Å². The molecule has 0 aliphatic carbocycles. The lowest BCUT2D eigenvalue weighted by molar-refractivity contribution is 0.0670. The van der Waals surface area contributed by atoms with Gasteiger partial charge >= 0.3 is 0 Å². The number of piperidine rings is 1. The lowest BCUT2D eigenvalue weighted by Gasteiger charge is -2.50. The van der Waals surface area contributed by atoms with Gasteiger partial charge in [-0.05, 0) is 74.4 Å². The summed E-state index contributed by atoms with van der Waals surface area (Å²) in [5.41, 5.74) is 4.27. The van der Waals surface area contributed by atoms with Crippen molar-refractivity contribution in [3.8, 4) is 11.4 Å². The maximum absolute atomic E-state index is 13.1. The Balaban J connectivity index is 1.39. The number of ether oxygens (including phenoxy) is 1. The molecule has 1 spiro atoms.